The Morgan fingerprint density at radius 2 is 1.15 bits per heavy atom. The molecule has 3 heterocycles. The van der Waals surface area contributed by atoms with Crippen molar-refractivity contribution in [2.24, 2.45) is 0 Å². The second-order valence-corrected chi connectivity index (χ2v) is 11.0. The second-order valence-electron chi connectivity index (χ2n) is 11.0. The van der Waals surface area contributed by atoms with Gasteiger partial charge in [0.1, 0.15) is 0 Å². The Labute approximate surface area is 232 Å². The normalized spacial score (nSPS) is 14.1. The fourth-order valence-electron chi connectivity index (χ4n) is 5.37. The van der Waals surface area contributed by atoms with Crippen LogP contribution in [0, 0.1) is 41.5 Å². The average molecular weight is 519 g/mol. The van der Waals surface area contributed by atoms with E-state index in [1.54, 1.807) is 6.20 Å². The van der Waals surface area contributed by atoms with Gasteiger partial charge in [-0.3, -0.25) is 19.7 Å². The lowest BCUT2D eigenvalue weighted by Crippen LogP contribution is -2.48. The molecule has 4 aromatic rings. The maximum Gasteiger partial charge on any atom is 0.254 e. The standard InChI is InChI=1S/C34H38N4O/c1-22-15-30(16-23(2)26(22)5)32-19-28(7-9-35-32)21-37-11-13-38(14-12-37)34(39)29-8-10-36-33(20-29)31-17-24(3)27(6)25(4)18-31/h7-10,15-20H,11-14,21H2,1-6H3. The number of aryl methyl sites for hydroxylation is 4. The van der Waals surface area contributed by atoms with Gasteiger partial charge in [-0.1, -0.05) is 0 Å². The number of carbonyl (C=O) groups is 1. The van der Waals surface area contributed by atoms with E-state index in [4.69, 9.17) is 0 Å². The third-order valence-electron chi connectivity index (χ3n) is 8.34. The van der Waals surface area contributed by atoms with Crippen LogP contribution in [0.25, 0.3) is 22.5 Å². The lowest BCUT2D eigenvalue weighted by molar-refractivity contribution is 0.0628. The van der Waals surface area contributed by atoms with Crippen molar-refractivity contribution in [1.82, 2.24) is 19.8 Å². The number of amides is 1. The maximum atomic E-state index is 13.4. The van der Waals surface area contributed by atoms with Gasteiger partial charge in [-0.05, 0) is 129 Å². The second kappa shape index (κ2) is 11.1. The lowest BCUT2D eigenvalue weighted by Gasteiger charge is -2.34. The summed E-state index contributed by atoms with van der Waals surface area (Å²) in [6, 6.07) is 16.8. The number of hydrogen-bond acceptors (Lipinski definition) is 4. The molecule has 5 rings (SSSR count). The van der Waals surface area contributed by atoms with E-state index in [1.165, 1.54) is 44.5 Å². The number of nitrogens with zero attached hydrogens (tertiary/aromatic N) is 4. The van der Waals surface area contributed by atoms with E-state index >= 15 is 0 Å². The molecule has 1 saturated heterocycles. The summed E-state index contributed by atoms with van der Waals surface area (Å²) in [4.78, 5) is 27.0. The Hall–Kier alpha value is -3.83. The molecule has 200 valence electrons. The molecular weight excluding hydrogens is 480 g/mol. The molecule has 2 aromatic carbocycles. The minimum atomic E-state index is 0.0789. The predicted octanol–water partition coefficient (Wildman–Crippen LogP) is 6.62. The third-order valence-corrected chi connectivity index (χ3v) is 8.34. The molecule has 1 aliphatic rings. The van der Waals surface area contributed by atoms with Crippen molar-refractivity contribution in [3.05, 3.63) is 105 Å². The van der Waals surface area contributed by atoms with Gasteiger partial charge < -0.3 is 4.90 Å². The van der Waals surface area contributed by atoms with Gasteiger partial charge in [0.2, 0.25) is 0 Å². The van der Waals surface area contributed by atoms with E-state index in [-0.39, 0.29) is 5.91 Å². The monoisotopic (exact) mass is 518 g/mol. The summed E-state index contributed by atoms with van der Waals surface area (Å²) in [5, 5.41) is 0. The first-order chi connectivity index (χ1) is 18.7. The molecule has 0 N–H and O–H groups in total. The van der Waals surface area contributed by atoms with Gasteiger partial charge >= 0.3 is 0 Å². The molecule has 0 spiro atoms. The molecule has 39 heavy (non-hydrogen) atoms. The van der Waals surface area contributed by atoms with Crippen molar-refractivity contribution < 1.29 is 4.79 Å². The van der Waals surface area contributed by atoms with Gasteiger partial charge in [-0.25, -0.2) is 0 Å². The van der Waals surface area contributed by atoms with Gasteiger partial charge in [0, 0.05) is 61.8 Å². The van der Waals surface area contributed by atoms with Crippen LogP contribution in [0.15, 0.2) is 60.9 Å². The van der Waals surface area contributed by atoms with E-state index < -0.39 is 0 Å². The van der Waals surface area contributed by atoms with E-state index in [0.29, 0.717) is 18.7 Å². The third kappa shape index (κ3) is 5.79. The van der Waals surface area contributed by atoms with Crippen LogP contribution >= 0.6 is 0 Å². The lowest BCUT2D eigenvalue weighted by atomic mass is 9.98. The number of hydrogen-bond donors (Lipinski definition) is 0. The molecular formula is C34H38N4O. The van der Waals surface area contributed by atoms with Crippen molar-refractivity contribution in [2.45, 2.75) is 48.1 Å². The van der Waals surface area contributed by atoms with Crippen molar-refractivity contribution in [2.75, 3.05) is 26.2 Å². The first-order valence-corrected chi connectivity index (χ1v) is 13.8. The zero-order valence-corrected chi connectivity index (χ0v) is 24.0. The number of rotatable bonds is 5. The van der Waals surface area contributed by atoms with Gasteiger partial charge in [0.25, 0.3) is 5.91 Å². The highest BCUT2D eigenvalue weighted by atomic mass is 16.2. The molecule has 1 amide bonds. The van der Waals surface area contributed by atoms with Crippen LogP contribution in [-0.4, -0.2) is 51.9 Å². The van der Waals surface area contributed by atoms with Gasteiger partial charge in [0.05, 0.1) is 11.4 Å². The van der Waals surface area contributed by atoms with Crippen LogP contribution in [0.2, 0.25) is 0 Å². The Morgan fingerprint density at radius 3 is 1.69 bits per heavy atom. The highest BCUT2D eigenvalue weighted by Crippen LogP contribution is 2.26. The molecule has 1 aliphatic heterocycles. The van der Waals surface area contributed by atoms with Gasteiger partial charge in [-0.15, -0.1) is 0 Å². The Morgan fingerprint density at radius 1 is 0.667 bits per heavy atom. The number of benzene rings is 2. The Kier molecular flexibility index (Phi) is 7.62. The van der Waals surface area contributed by atoms with Crippen LogP contribution in [0.3, 0.4) is 0 Å². The van der Waals surface area contributed by atoms with Gasteiger partial charge in [-0.2, -0.15) is 0 Å². The molecule has 0 unspecified atom stereocenters. The van der Waals surface area contributed by atoms with Gasteiger partial charge in [0.15, 0.2) is 0 Å². The van der Waals surface area contributed by atoms with Crippen molar-refractivity contribution in [3.8, 4) is 22.5 Å². The highest BCUT2D eigenvalue weighted by Gasteiger charge is 2.23. The Bertz CT molecular complexity index is 1490. The molecule has 5 nitrogen and oxygen atoms in total. The first-order valence-electron chi connectivity index (χ1n) is 13.8. The summed E-state index contributed by atoms with van der Waals surface area (Å²) in [5.41, 5.74) is 13.7. The number of piperazine rings is 1. The molecule has 0 saturated carbocycles. The fourth-order valence-corrected chi connectivity index (χ4v) is 5.37. The van der Waals surface area contributed by atoms with Crippen LogP contribution in [0.4, 0.5) is 0 Å². The van der Waals surface area contributed by atoms with Crippen LogP contribution in [0.1, 0.15) is 49.3 Å². The molecule has 1 fully saturated rings. The van der Waals surface area contributed by atoms with Crippen LogP contribution < -0.4 is 0 Å². The van der Waals surface area contributed by atoms with Crippen LogP contribution in [0.5, 0.6) is 0 Å². The number of pyridine rings is 2. The summed E-state index contributed by atoms with van der Waals surface area (Å²) in [6.45, 7) is 16.9. The minimum absolute atomic E-state index is 0.0789. The smallest absolute Gasteiger partial charge is 0.254 e. The first kappa shape index (κ1) is 26.8. The summed E-state index contributed by atoms with van der Waals surface area (Å²) >= 11 is 0. The number of aromatic nitrogens is 2. The van der Waals surface area contributed by atoms with E-state index in [9.17, 15) is 4.79 Å². The predicted molar refractivity (Wildman–Crippen MR) is 159 cm³/mol. The van der Waals surface area contributed by atoms with Crippen LogP contribution in [-0.2, 0) is 6.54 Å². The largest absolute Gasteiger partial charge is 0.336 e. The fraction of sp³-hybridized carbons (Fsp3) is 0.324. The molecule has 5 heteroatoms. The number of carbonyl (C=O) groups excluding carboxylic acids is 1. The zero-order chi connectivity index (χ0) is 27.7. The van der Waals surface area contributed by atoms with Crippen molar-refractivity contribution >= 4 is 5.91 Å². The van der Waals surface area contributed by atoms with Crippen molar-refractivity contribution in [1.29, 1.82) is 0 Å². The molecule has 0 bridgehead atoms. The summed E-state index contributed by atoms with van der Waals surface area (Å²) < 4.78 is 0. The Balaban J connectivity index is 1.23. The minimum Gasteiger partial charge on any atom is -0.336 e. The molecule has 2 aromatic heterocycles. The van der Waals surface area contributed by atoms with E-state index in [0.717, 1.165) is 36.6 Å². The maximum absolute atomic E-state index is 13.4. The summed E-state index contributed by atoms with van der Waals surface area (Å²) in [5.74, 6) is 0.0789. The topological polar surface area (TPSA) is 49.3 Å². The van der Waals surface area contributed by atoms with E-state index in [1.807, 2.05) is 23.2 Å². The van der Waals surface area contributed by atoms with E-state index in [2.05, 4.69) is 92.8 Å². The summed E-state index contributed by atoms with van der Waals surface area (Å²) in [6.07, 6.45) is 3.66. The SMILES string of the molecule is Cc1cc(-c2cc(CN3CCN(C(=O)c4ccnc(-c5cc(C)c(C)c(C)c5)c4)CC3)ccn2)cc(C)c1C. The average Bonchev–Trinajstić information content (AvgIpc) is 2.94. The molecule has 0 atom stereocenters. The molecule has 0 aliphatic carbocycles. The molecule has 0 radical (unpaired) electrons. The zero-order valence-electron chi connectivity index (χ0n) is 24.0. The quantitative estimate of drug-likeness (QED) is 0.298. The highest BCUT2D eigenvalue weighted by molar-refractivity contribution is 5.95. The van der Waals surface area contributed by atoms with Crippen molar-refractivity contribution in [3.63, 3.8) is 0 Å². The summed E-state index contributed by atoms with van der Waals surface area (Å²) in [7, 11) is 0.